The number of hydrogen-bond acceptors (Lipinski definition) is 1. The summed E-state index contributed by atoms with van der Waals surface area (Å²) in [6.45, 7) is 0.835. The van der Waals surface area contributed by atoms with E-state index in [1.54, 1.807) is 12.1 Å². The van der Waals surface area contributed by atoms with E-state index in [0.29, 0.717) is 12.8 Å². The highest BCUT2D eigenvalue weighted by atomic mass is 19.1. The monoisotopic (exact) mass is 297 g/mol. The summed E-state index contributed by atoms with van der Waals surface area (Å²) in [5.74, 6) is -0.0468. The fourth-order valence-corrected chi connectivity index (χ4v) is 3.13. The van der Waals surface area contributed by atoms with Crippen LogP contribution in [0.25, 0.3) is 0 Å². The van der Waals surface area contributed by atoms with Gasteiger partial charge < -0.3 is 4.90 Å². The molecule has 3 rings (SSSR count). The van der Waals surface area contributed by atoms with Gasteiger partial charge in [0.05, 0.1) is 6.04 Å². The molecule has 0 aliphatic carbocycles. The summed E-state index contributed by atoms with van der Waals surface area (Å²) in [5, 5.41) is 0. The van der Waals surface area contributed by atoms with E-state index >= 15 is 0 Å². The highest BCUT2D eigenvalue weighted by molar-refractivity contribution is 5.77. The van der Waals surface area contributed by atoms with Gasteiger partial charge >= 0.3 is 0 Å². The molecule has 1 unspecified atom stereocenters. The summed E-state index contributed by atoms with van der Waals surface area (Å²) in [4.78, 5) is 14.5. The van der Waals surface area contributed by atoms with Gasteiger partial charge in [-0.05, 0) is 42.5 Å². The van der Waals surface area contributed by atoms with Gasteiger partial charge in [-0.25, -0.2) is 4.39 Å². The first-order chi connectivity index (χ1) is 10.7. The normalized spacial score (nSPS) is 17.7. The van der Waals surface area contributed by atoms with Crippen LogP contribution in [0.3, 0.4) is 0 Å². The molecule has 0 saturated carbocycles. The lowest BCUT2D eigenvalue weighted by molar-refractivity contribution is -0.132. The van der Waals surface area contributed by atoms with Gasteiger partial charge in [-0.3, -0.25) is 4.79 Å². The van der Waals surface area contributed by atoms with E-state index in [4.69, 9.17) is 0 Å². The Balaban J connectivity index is 1.62. The summed E-state index contributed by atoms with van der Waals surface area (Å²) < 4.78 is 12.9. The second kappa shape index (κ2) is 6.73. The van der Waals surface area contributed by atoms with Crippen molar-refractivity contribution in [2.45, 2.75) is 31.7 Å². The third kappa shape index (κ3) is 3.35. The lowest BCUT2D eigenvalue weighted by atomic mass is 10.0. The minimum absolute atomic E-state index is 0.190. The highest BCUT2D eigenvalue weighted by Crippen LogP contribution is 2.32. The summed E-state index contributed by atoms with van der Waals surface area (Å²) in [5.41, 5.74) is 2.22. The maximum atomic E-state index is 12.9. The number of amides is 1. The van der Waals surface area contributed by atoms with Crippen LogP contribution >= 0.6 is 0 Å². The van der Waals surface area contributed by atoms with Crippen LogP contribution in [0.5, 0.6) is 0 Å². The number of aryl methyl sites for hydroxylation is 1. The van der Waals surface area contributed by atoms with E-state index in [0.717, 1.165) is 24.9 Å². The van der Waals surface area contributed by atoms with Gasteiger partial charge in [0, 0.05) is 13.0 Å². The zero-order chi connectivity index (χ0) is 15.4. The van der Waals surface area contributed by atoms with Crippen molar-refractivity contribution in [1.29, 1.82) is 0 Å². The number of benzene rings is 2. The van der Waals surface area contributed by atoms with Crippen molar-refractivity contribution in [3.05, 3.63) is 71.5 Å². The van der Waals surface area contributed by atoms with E-state index in [1.807, 2.05) is 23.1 Å². The third-order valence-corrected chi connectivity index (χ3v) is 4.30. The zero-order valence-corrected chi connectivity index (χ0v) is 12.5. The molecule has 0 bridgehead atoms. The molecule has 2 nitrogen and oxygen atoms in total. The maximum absolute atomic E-state index is 12.9. The minimum Gasteiger partial charge on any atom is -0.336 e. The molecule has 22 heavy (non-hydrogen) atoms. The second-order valence-corrected chi connectivity index (χ2v) is 5.78. The molecule has 0 N–H and O–H groups in total. The van der Waals surface area contributed by atoms with Gasteiger partial charge in [0.15, 0.2) is 0 Å². The molecule has 0 radical (unpaired) electrons. The Morgan fingerprint density at radius 3 is 2.55 bits per heavy atom. The van der Waals surface area contributed by atoms with Crippen LogP contribution < -0.4 is 0 Å². The third-order valence-electron chi connectivity index (χ3n) is 4.30. The molecular weight excluding hydrogens is 277 g/mol. The van der Waals surface area contributed by atoms with Gasteiger partial charge in [0.1, 0.15) is 5.82 Å². The first-order valence-corrected chi connectivity index (χ1v) is 7.83. The number of halogens is 1. The number of rotatable bonds is 4. The van der Waals surface area contributed by atoms with E-state index < -0.39 is 0 Å². The second-order valence-electron chi connectivity index (χ2n) is 5.78. The molecule has 1 heterocycles. The van der Waals surface area contributed by atoms with Crippen molar-refractivity contribution < 1.29 is 9.18 Å². The van der Waals surface area contributed by atoms with Crippen molar-refractivity contribution in [2.75, 3.05) is 6.54 Å². The predicted molar refractivity (Wildman–Crippen MR) is 84.9 cm³/mol. The number of carbonyl (C=O) groups is 1. The standard InChI is InChI=1S/C19H20FNO/c20-17-11-8-15(9-12-17)10-13-19(22)21-14-4-7-18(21)16-5-2-1-3-6-16/h1-3,5-6,8-9,11-12,18H,4,7,10,13-14H2. The van der Waals surface area contributed by atoms with Crippen LogP contribution in [-0.2, 0) is 11.2 Å². The molecule has 0 aromatic heterocycles. The van der Waals surface area contributed by atoms with Crippen LogP contribution in [0, 0.1) is 5.82 Å². The van der Waals surface area contributed by atoms with Gasteiger partial charge in [-0.15, -0.1) is 0 Å². The van der Waals surface area contributed by atoms with Crippen molar-refractivity contribution >= 4 is 5.91 Å². The molecule has 2 aromatic carbocycles. The largest absolute Gasteiger partial charge is 0.336 e. The van der Waals surface area contributed by atoms with E-state index in [1.165, 1.54) is 17.7 Å². The fourth-order valence-electron chi connectivity index (χ4n) is 3.13. The Morgan fingerprint density at radius 2 is 1.82 bits per heavy atom. The zero-order valence-electron chi connectivity index (χ0n) is 12.5. The number of carbonyl (C=O) groups excluding carboxylic acids is 1. The molecule has 2 aromatic rings. The summed E-state index contributed by atoms with van der Waals surface area (Å²) >= 11 is 0. The molecule has 3 heteroatoms. The van der Waals surface area contributed by atoms with Crippen molar-refractivity contribution in [2.24, 2.45) is 0 Å². The molecule has 1 saturated heterocycles. The van der Waals surface area contributed by atoms with E-state index in [-0.39, 0.29) is 17.8 Å². The molecule has 1 aliphatic heterocycles. The Bertz CT molecular complexity index is 624. The Hall–Kier alpha value is -2.16. The lowest BCUT2D eigenvalue weighted by Gasteiger charge is -2.25. The average Bonchev–Trinajstić information content (AvgIpc) is 3.04. The van der Waals surface area contributed by atoms with Gasteiger partial charge in [-0.1, -0.05) is 42.5 Å². The van der Waals surface area contributed by atoms with Gasteiger partial charge in [0.25, 0.3) is 0 Å². The molecule has 0 spiro atoms. The van der Waals surface area contributed by atoms with E-state index in [9.17, 15) is 9.18 Å². The molecule has 1 fully saturated rings. The van der Waals surface area contributed by atoms with E-state index in [2.05, 4.69) is 12.1 Å². The minimum atomic E-state index is -0.237. The molecule has 1 atom stereocenters. The van der Waals surface area contributed by atoms with Crippen molar-refractivity contribution in [1.82, 2.24) is 4.90 Å². The quantitative estimate of drug-likeness (QED) is 0.831. The van der Waals surface area contributed by atoms with Gasteiger partial charge in [-0.2, -0.15) is 0 Å². The van der Waals surface area contributed by atoms with Crippen LogP contribution in [-0.4, -0.2) is 17.4 Å². The number of hydrogen-bond donors (Lipinski definition) is 0. The average molecular weight is 297 g/mol. The summed E-state index contributed by atoms with van der Waals surface area (Å²) in [6, 6.07) is 16.8. The molecule has 114 valence electrons. The molecular formula is C19H20FNO. The molecule has 1 aliphatic rings. The van der Waals surface area contributed by atoms with Crippen molar-refractivity contribution in [3.63, 3.8) is 0 Å². The topological polar surface area (TPSA) is 20.3 Å². The Morgan fingerprint density at radius 1 is 1.09 bits per heavy atom. The van der Waals surface area contributed by atoms with Crippen LogP contribution in [0.15, 0.2) is 54.6 Å². The highest BCUT2D eigenvalue weighted by Gasteiger charge is 2.29. The first kappa shape index (κ1) is 14.8. The number of likely N-dealkylation sites (tertiary alicyclic amines) is 1. The smallest absolute Gasteiger partial charge is 0.223 e. The Kier molecular flexibility index (Phi) is 4.52. The summed E-state index contributed by atoms with van der Waals surface area (Å²) in [6.07, 6.45) is 3.24. The number of nitrogens with zero attached hydrogens (tertiary/aromatic N) is 1. The SMILES string of the molecule is O=C(CCc1ccc(F)cc1)N1CCCC1c1ccccc1. The van der Waals surface area contributed by atoms with Crippen LogP contribution in [0.2, 0.25) is 0 Å². The van der Waals surface area contributed by atoms with Gasteiger partial charge in [0.2, 0.25) is 5.91 Å². The maximum Gasteiger partial charge on any atom is 0.223 e. The molecule has 1 amide bonds. The predicted octanol–water partition coefficient (Wildman–Crippen LogP) is 4.12. The van der Waals surface area contributed by atoms with Crippen LogP contribution in [0.1, 0.15) is 36.4 Å². The summed E-state index contributed by atoms with van der Waals surface area (Å²) in [7, 11) is 0. The fraction of sp³-hybridized carbons (Fsp3) is 0.316. The van der Waals surface area contributed by atoms with Crippen LogP contribution in [0.4, 0.5) is 4.39 Å². The Labute approximate surface area is 130 Å². The lowest BCUT2D eigenvalue weighted by Crippen LogP contribution is -2.30. The van der Waals surface area contributed by atoms with Crippen molar-refractivity contribution in [3.8, 4) is 0 Å². The first-order valence-electron chi connectivity index (χ1n) is 7.83.